The molecular formula is C11H16N6O2. The van der Waals surface area contributed by atoms with Gasteiger partial charge in [0.15, 0.2) is 0 Å². The fraction of sp³-hybridized carbons (Fsp3) is 0.455. The largest absolute Gasteiger partial charge is 0.308 e. The average molecular weight is 264 g/mol. The van der Waals surface area contributed by atoms with E-state index in [-0.39, 0.29) is 18.4 Å². The SMILES string of the molecule is Cc1cc(NN)nc(CN2CC(=O)NC(=O)C2C)n1. The van der Waals surface area contributed by atoms with Gasteiger partial charge in [-0.25, -0.2) is 15.8 Å². The lowest BCUT2D eigenvalue weighted by atomic mass is 10.2. The zero-order valence-corrected chi connectivity index (χ0v) is 10.8. The number of nitrogens with one attached hydrogen (secondary N) is 2. The van der Waals surface area contributed by atoms with Gasteiger partial charge in [-0.05, 0) is 13.8 Å². The number of amides is 2. The number of piperazine rings is 1. The summed E-state index contributed by atoms with van der Waals surface area (Å²) in [5.74, 6) is 5.72. The maximum atomic E-state index is 11.5. The molecule has 1 saturated heterocycles. The van der Waals surface area contributed by atoms with E-state index in [0.29, 0.717) is 18.2 Å². The average Bonchev–Trinajstić information content (AvgIpc) is 2.34. The Morgan fingerprint density at radius 2 is 2.26 bits per heavy atom. The Hall–Kier alpha value is -2.06. The van der Waals surface area contributed by atoms with Gasteiger partial charge in [0, 0.05) is 11.8 Å². The molecule has 8 heteroatoms. The minimum Gasteiger partial charge on any atom is -0.308 e. The zero-order valence-electron chi connectivity index (χ0n) is 10.8. The molecule has 0 aliphatic carbocycles. The Morgan fingerprint density at radius 3 is 2.95 bits per heavy atom. The molecule has 8 nitrogen and oxygen atoms in total. The molecule has 102 valence electrons. The maximum absolute atomic E-state index is 11.5. The lowest BCUT2D eigenvalue weighted by Crippen LogP contribution is -2.56. The summed E-state index contributed by atoms with van der Waals surface area (Å²) in [7, 11) is 0. The second-order valence-electron chi connectivity index (χ2n) is 4.45. The Bertz CT molecular complexity index is 518. The number of hydrogen-bond acceptors (Lipinski definition) is 7. The molecule has 0 bridgehead atoms. The molecule has 1 unspecified atom stereocenters. The van der Waals surface area contributed by atoms with Gasteiger partial charge in [0.1, 0.15) is 11.6 Å². The van der Waals surface area contributed by atoms with Gasteiger partial charge >= 0.3 is 0 Å². The first kappa shape index (κ1) is 13.4. The molecule has 1 aromatic rings. The summed E-state index contributed by atoms with van der Waals surface area (Å²) in [4.78, 5) is 33.1. The summed E-state index contributed by atoms with van der Waals surface area (Å²) in [6.07, 6.45) is 0. The molecule has 4 N–H and O–H groups in total. The minimum absolute atomic E-state index is 0.148. The van der Waals surface area contributed by atoms with E-state index in [9.17, 15) is 9.59 Å². The van der Waals surface area contributed by atoms with Gasteiger partial charge < -0.3 is 5.43 Å². The van der Waals surface area contributed by atoms with E-state index >= 15 is 0 Å². The van der Waals surface area contributed by atoms with Crippen molar-refractivity contribution in [2.45, 2.75) is 26.4 Å². The number of nitrogen functional groups attached to an aromatic ring is 1. The van der Waals surface area contributed by atoms with Crippen LogP contribution in [-0.2, 0) is 16.1 Å². The van der Waals surface area contributed by atoms with Gasteiger partial charge in [-0.1, -0.05) is 0 Å². The van der Waals surface area contributed by atoms with Crippen molar-refractivity contribution < 1.29 is 9.59 Å². The molecule has 0 aromatic carbocycles. The van der Waals surface area contributed by atoms with Crippen molar-refractivity contribution in [1.29, 1.82) is 0 Å². The predicted octanol–water partition coefficient (Wildman–Crippen LogP) is -1.08. The number of nitrogens with zero attached hydrogens (tertiary/aromatic N) is 3. The van der Waals surface area contributed by atoms with E-state index < -0.39 is 6.04 Å². The molecule has 0 saturated carbocycles. The van der Waals surface area contributed by atoms with Crippen molar-refractivity contribution >= 4 is 17.6 Å². The van der Waals surface area contributed by atoms with Crippen LogP contribution in [0.1, 0.15) is 18.4 Å². The van der Waals surface area contributed by atoms with Crippen molar-refractivity contribution in [3.05, 3.63) is 17.6 Å². The van der Waals surface area contributed by atoms with Crippen molar-refractivity contribution in [2.24, 2.45) is 5.84 Å². The zero-order chi connectivity index (χ0) is 14.0. The fourth-order valence-corrected chi connectivity index (χ4v) is 1.92. The van der Waals surface area contributed by atoms with Crippen LogP contribution in [-0.4, -0.2) is 39.3 Å². The van der Waals surface area contributed by atoms with Crippen LogP contribution < -0.4 is 16.6 Å². The highest BCUT2D eigenvalue weighted by atomic mass is 16.2. The van der Waals surface area contributed by atoms with Crippen molar-refractivity contribution in [3.63, 3.8) is 0 Å². The third-order valence-electron chi connectivity index (χ3n) is 2.93. The molecule has 2 heterocycles. The second-order valence-corrected chi connectivity index (χ2v) is 4.45. The van der Waals surface area contributed by atoms with Crippen LogP contribution in [0.2, 0.25) is 0 Å². The highest BCUT2D eigenvalue weighted by molar-refractivity contribution is 6.00. The first-order chi connectivity index (χ1) is 8.99. The summed E-state index contributed by atoms with van der Waals surface area (Å²) in [6, 6.07) is 1.32. The number of hydrazine groups is 1. The van der Waals surface area contributed by atoms with E-state index in [0.717, 1.165) is 5.69 Å². The third kappa shape index (κ3) is 3.04. The number of aromatic nitrogens is 2. The molecule has 0 radical (unpaired) electrons. The van der Waals surface area contributed by atoms with Crippen molar-refractivity contribution in [1.82, 2.24) is 20.2 Å². The van der Waals surface area contributed by atoms with Gasteiger partial charge in [-0.3, -0.25) is 19.8 Å². The minimum atomic E-state index is -0.393. The highest BCUT2D eigenvalue weighted by Gasteiger charge is 2.30. The van der Waals surface area contributed by atoms with Gasteiger partial charge in [-0.2, -0.15) is 0 Å². The molecule has 1 aromatic heterocycles. The molecule has 1 aliphatic rings. The summed E-state index contributed by atoms with van der Waals surface area (Å²) in [5, 5.41) is 2.29. The molecule has 2 rings (SSSR count). The van der Waals surface area contributed by atoms with Gasteiger partial charge in [0.25, 0.3) is 0 Å². The predicted molar refractivity (Wildman–Crippen MR) is 67.6 cm³/mol. The molecule has 19 heavy (non-hydrogen) atoms. The molecule has 1 aliphatic heterocycles. The number of anilines is 1. The first-order valence-electron chi connectivity index (χ1n) is 5.88. The van der Waals surface area contributed by atoms with Crippen LogP contribution in [0.3, 0.4) is 0 Å². The molecule has 2 amide bonds. The van der Waals surface area contributed by atoms with Crippen LogP contribution in [0.4, 0.5) is 5.82 Å². The lowest BCUT2D eigenvalue weighted by molar-refractivity contribution is -0.139. The van der Waals surface area contributed by atoms with E-state index in [1.807, 2.05) is 6.92 Å². The normalized spacial score (nSPS) is 20.3. The Kier molecular flexibility index (Phi) is 3.72. The monoisotopic (exact) mass is 264 g/mol. The Labute approximate surface area is 110 Å². The second kappa shape index (κ2) is 5.29. The van der Waals surface area contributed by atoms with Gasteiger partial charge in [0.2, 0.25) is 11.8 Å². The summed E-state index contributed by atoms with van der Waals surface area (Å²) < 4.78 is 0. The van der Waals surface area contributed by atoms with Crippen LogP contribution in [0.15, 0.2) is 6.07 Å². The van der Waals surface area contributed by atoms with Crippen LogP contribution in [0.5, 0.6) is 0 Å². The number of imide groups is 1. The molecule has 1 atom stereocenters. The topological polar surface area (TPSA) is 113 Å². The van der Waals surface area contributed by atoms with Gasteiger partial charge in [0.05, 0.1) is 19.1 Å². The number of nitrogens with two attached hydrogens (primary N) is 1. The smallest absolute Gasteiger partial charge is 0.243 e. The summed E-state index contributed by atoms with van der Waals surface area (Å²) >= 11 is 0. The first-order valence-corrected chi connectivity index (χ1v) is 5.88. The van der Waals surface area contributed by atoms with Gasteiger partial charge in [-0.15, -0.1) is 0 Å². The van der Waals surface area contributed by atoms with Crippen LogP contribution in [0, 0.1) is 6.92 Å². The number of carbonyl (C=O) groups excluding carboxylic acids is 2. The van der Waals surface area contributed by atoms with Crippen molar-refractivity contribution in [2.75, 3.05) is 12.0 Å². The number of carbonyl (C=O) groups is 2. The van der Waals surface area contributed by atoms with E-state index in [1.54, 1.807) is 17.9 Å². The third-order valence-corrected chi connectivity index (χ3v) is 2.93. The number of aryl methyl sites for hydroxylation is 1. The Morgan fingerprint density at radius 1 is 1.53 bits per heavy atom. The standard InChI is InChI=1S/C11H16N6O2/c1-6-3-8(16-12)14-9(13-6)4-17-5-10(18)15-11(19)7(17)2/h3,7H,4-5,12H2,1-2H3,(H,13,14,16)(H,15,18,19). The summed E-state index contributed by atoms with van der Waals surface area (Å²) in [5.41, 5.74) is 3.22. The van der Waals surface area contributed by atoms with E-state index in [2.05, 4.69) is 20.7 Å². The number of hydrogen-bond donors (Lipinski definition) is 3. The number of rotatable bonds is 3. The van der Waals surface area contributed by atoms with E-state index in [1.165, 1.54) is 0 Å². The van der Waals surface area contributed by atoms with Crippen molar-refractivity contribution in [3.8, 4) is 0 Å². The highest BCUT2D eigenvalue weighted by Crippen LogP contribution is 2.11. The maximum Gasteiger partial charge on any atom is 0.243 e. The molecule has 1 fully saturated rings. The molecule has 0 spiro atoms. The summed E-state index contributed by atoms with van der Waals surface area (Å²) in [6.45, 7) is 4.02. The van der Waals surface area contributed by atoms with Crippen LogP contribution >= 0.6 is 0 Å². The lowest BCUT2D eigenvalue weighted by Gasteiger charge is -2.30. The Balaban J connectivity index is 2.17. The fourth-order valence-electron chi connectivity index (χ4n) is 1.92. The van der Waals surface area contributed by atoms with Crippen LogP contribution in [0.25, 0.3) is 0 Å². The quantitative estimate of drug-likeness (QED) is 0.361. The van der Waals surface area contributed by atoms with E-state index in [4.69, 9.17) is 5.84 Å². The molecular weight excluding hydrogens is 248 g/mol.